The Labute approximate surface area is 197 Å². The lowest BCUT2D eigenvalue weighted by molar-refractivity contribution is 0.308. The van der Waals surface area contributed by atoms with Crippen molar-refractivity contribution < 1.29 is 0 Å². The zero-order chi connectivity index (χ0) is 22.2. The molecule has 0 amide bonds. The molecule has 0 aromatic heterocycles. The van der Waals surface area contributed by atoms with E-state index in [4.69, 9.17) is 0 Å². The van der Waals surface area contributed by atoms with Gasteiger partial charge in [0, 0.05) is 0 Å². The van der Waals surface area contributed by atoms with Crippen LogP contribution >= 0.6 is 0 Å². The average Bonchev–Trinajstić information content (AvgIpc) is 2.86. The van der Waals surface area contributed by atoms with Crippen molar-refractivity contribution in [3.8, 4) is 11.1 Å². The van der Waals surface area contributed by atoms with Crippen molar-refractivity contribution in [2.75, 3.05) is 0 Å². The summed E-state index contributed by atoms with van der Waals surface area (Å²) >= 11 is 0. The lowest BCUT2D eigenvalue weighted by Crippen LogP contribution is -2.13. The lowest BCUT2D eigenvalue weighted by Gasteiger charge is -2.28. The van der Waals surface area contributed by atoms with Gasteiger partial charge in [-0.25, -0.2) is 0 Å². The van der Waals surface area contributed by atoms with Gasteiger partial charge in [-0.3, -0.25) is 0 Å². The molecule has 0 aliphatic heterocycles. The third-order valence-electron chi connectivity index (χ3n) is 8.25. The predicted octanol–water partition coefficient (Wildman–Crippen LogP) is 10.2. The molecule has 1 unspecified atom stereocenters. The molecule has 2 aromatic carbocycles. The van der Waals surface area contributed by atoms with Crippen LogP contribution in [-0.4, -0.2) is 0 Å². The number of allylic oxidation sites excluding steroid dienone is 2. The van der Waals surface area contributed by atoms with Gasteiger partial charge in [0.2, 0.25) is 0 Å². The number of unbranched alkanes of at least 4 members (excludes halogenated alkanes) is 2. The fourth-order valence-electron chi connectivity index (χ4n) is 6.11. The summed E-state index contributed by atoms with van der Waals surface area (Å²) in [7, 11) is 0. The van der Waals surface area contributed by atoms with Crippen molar-refractivity contribution in [2.24, 2.45) is 11.8 Å². The molecule has 0 heterocycles. The van der Waals surface area contributed by atoms with Gasteiger partial charge < -0.3 is 0 Å². The van der Waals surface area contributed by atoms with Crippen molar-refractivity contribution in [2.45, 2.75) is 103 Å². The van der Waals surface area contributed by atoms with Crippen LogP contribution in [0.4, 0.5) is 0 Å². The molecular formula is C32H44. The molecule has 0 N–H and O–H groups in total. The second-order valence-corrected chi connectivity index (χ2v) is 10.6. The van der Waals surface area contributed by atoms with Crippen molar-refractivity contribution in [3.63, 3.8) is 0 Å². The van der Waals surface area contributed by atoms with Gasteiger partial charge in [0.05, 0.1) is 0 Å². The molecule has 0 saturated heterocycles. The van der Waals surface area contributed by atoms with Crippen LogP contribution in [-0.2, 0) is 0 Å². The van der Waals surface area contributed by atoms with Crippen LogP contribution in [0.15, 0.2) is 54.6 Å². The summed E-state index contributed by atoms with van der Waals surface area (Å²) in [5.41, 5.74) is 7.26. The van der Waals surface area contributed by atoms with Crippen molar-refractivity contribution in [1.29, 1.82) is 0 Å². The topological polar surface area (TPSA) is 0 Å². The molecule has 0 nitrogen and oxygen atoms in total. The van der Waals surface area contributed by atoms with Crippen molar-refractivity contribution in [1.82, 2.24) is 0 Å². The van der Waals surface area contributed by atoms with Crippen LogP contribution in [0.2, 0.25) is 0 Å². The number of benzene rings is 2. The van der Waals surface area contributed by atoms with Crippen molar-refractivity contribution in [3.05, 3.63) is 65.7 Å². The highest BCUT2D eigenvalue weighted by atomic mass is 14.3. The van der Waals surface area contributed by atoms with E-state index in [2.05, 4.69) is 68.5 Å². The van der Waals surface area contributed by atoms with Crippen LogP contribution in [0.1, 0.15) is 114 Å². The Kier molecular flexibility index (Phi) is 8.66. The van der Waals surface area contributed by atoms with Gasteiger partial charge in [-0.05, 0) is 90.5 Å². The molecule has 4 rings (SSSR count). The number of hydrogen-bond acceptors (Lipinski definition) is 0. The Hall–Kier alpha value is -1.82. The molecule has 32 heavy (non-hydrogen) atoms. The van der Waals surface area contributed by atoms with Gasteiger partial charge in [0.25, 0.3) is 0 Å². The second-order valence-electron chi connectivity index (χ2n) is 10.6. The minimum Gasteiger partial charge on any atom is -0.0804 e. The molecule has 2 aromatic rings. The van der Waals surface area contributed by atoms with E-state index in [1.807, 2.05) is 0 Å². The molecule has 2 aliphatic rings. The van der Waals surface area contributed by atoms with E-state index in [0.717, 1.165) is 17.8 Å². The van der Waals surface area contributed by atoms with Gasteiger partial charge in [0.15, 0.2) is 0 Å². The summed E-state index contributed by atoms with van der Waals surface area (Å²) in [6, 6.07) is 18.9. The summed E-state index contributed by atoms with van der Waals surface area (Å²) in [6.07, 6.45) is 20.4. The Balaban J connectivity index is 1.32. The summed E-state index contributed by atoms with van der Waals surface area (Å²) in [5.74, 6) is 2.69. The minimum atomic E-state index is 0.781. The van der Waals surface area contributed by atoms with Gasteiger partial charge in [0.1, 0.15) is 0 Å². The maximum absolute atomic E-state index is 2.53. The van der Waals surface area contributed by atoms with Crippen LogP contribution in [0.3, 0.4) is 0 Å². The maximum Gasteiger partial charge on any atom is -0.0162 e. The summed E-state index contributed by atoms with van der Waals surface area (Å²) in [6.45, 7) is 4.63. The Bertz CT molecular complexity index is 831. The summed E-state index contributed by atoms with van der Waals surface area (Å²) < 4.78 is 0. The van der Waals surface area contributed by atoms with Crippen LogP contribution in [0, 0.1) is 11.8 Å². The molecular weight excluding hydrogens is 384 g/mol. The van der Waals surface area contributed by atoms with Gasteiger partial charge in [-0.2, -0.15) is 0 Å². The molecule has 1 fully saturated rings. The monoisotopic (exact) mass is 428 g/mol. The zero-order valence-electron chi connectivity index (χ0n) is 20.6. The molecule has 0 radical (unpaired) electrons. The van der Waals surface area contributed by atoms with E-state index in [0.29, 0.717) is 0 Å². The Morgan fingerprint density at radius 3 is 1.88 bits per heavy atom. The highest BCUT2D eigenvalue weighted by Crippen LogP contribution is 2.38. The van der Waals surface area contributed by atoms with Crippen LogP contribution in [0.5, 0.6) is 0 Å². The van der Waals surface area contributed by atoms with Gasteiger partial charge in [-0.1, -0.05) is 107 Å². The highest BCUT2D eigenvalue weighted by Gasteiger charge is 2.21. The van der Waals surface area contributed by atoms with E-state index in [9.17, 15) is 0 Å². The Morgan fingerprint density at radius 1 is 0.625 bits per heavy atom. The molecule has 0 bridgehead atoms. The number of rotatable bonds is 9. The van der Waals surface area contributed by atoms with Crippen molar-refractivity contribution >= 4 is 5.57 Å². The smallest absolute Gasteiger partial charge is 0.0162 e. The third kappa shape index (κ3) is 6.15. The van der Waals surface area contributed by atoms with Crippen LogP contribution in [0.25, 0.3) is 16.7 Å². The first-order valence-electron chi connectivity index (χ1n) is 13.7. The largest absolute Gasteiger partial charge is 0.0804 e. The third-order valence-corrected chi connectivity index (χ3v) is 8.25. The predicted molar refractivity (Wildman–Crippen MR) is 141 cm³/mol. The molecule has 0 spiro atoms. The van der Waals surface area contributed by atoms with E-state index in [1.54, 1.807) is 11.1 Å². The fourth-order valence-corrected chi connectivity index (χ4v) is 6.11. The minimum absolute atomic E-state index is 0.781. The van der Waals surface area contributed by atoms with Gasteiger partial charge >= 0.3 is 0 Å². The first kappa shape index (κ1) is 23.3. The van der Waals surface area contributed by atoms with Gasteiger partial charge in [-0.15, -0.1) is 0 Å². The fraction of sp³-hybridized carbons (Fsp3) is 0.562. The first-order chi connectivity index (χ1) is 15.8. The highest BCUT2D eigenvalue weighted by molar-refractivity contribution is 5.71. The molecule has 172 valence electrons. The number of hydrogen-bond donors (Lipinski definition) is 0. The van der Waals surface area contributed by atoms with E-state index in [-0.39, 0.29) is 0 Å². The standard InChI is InChI=1S/C32H44/c1-3-5-6-8-26-11-15-28(16-12-26)30-19-23-32(24-20-30)31-21-17-29(18-22-31)27-13-9-25(7-4-2)10-14-27/h15,17-27H,3-14,16H2,1-2H3. The quantitative estimate of drug-likeness (QED) is 0.348. The van der Waals surface area contributed by atoms with E-state index < -0.39 is 0 Å². The van der Waals surface area contributed by atoms with E-state index >= 15 is 0 Å². The van der Waals surface area contributed by atoms with Crippen LogP contribution < -0.4 is 0 Å². The first-order valence-corrected chi connectivity index (χ1v) is 13.7. The molecule has 1 atom stereocenters. The zero-order valence-corrected chi connectivity index (χ0v) is 20.6. The molecule has 2 aliphatic carbocycles. The molecule has 0 heteroatoms. The normalized spacial score (nSPS) is 23.7. The summed E-state index contributed by atoms with van der Waals surface area (Å²) in [5, 5.41) is 0. The second kappa shape index (κ2) is 11.9. The summed E-state index contributed by atoms with van der Waals surface area (Å²) in [4.78, 5) is 0. The maximum atomic E-state index is 2.53. The lowest BCUT2D eigenvalue weighted by atomic mass is 9.77. The average molecular weight is 429 g/mol. The Morgan fingerprint density at radius 2 is 1.28 bits per heavy atom. The molecule has 1 saturated carbocycles. The van der Waals surface area contributed by atoms with E-state index in [1.165, 1.54) is 100 Å². The SMILES string of the molecule is CCCCCC1CC=C(c2ccc(-c3ccc(C4CCC(CCC)CC4)cc3)cc2)CC1.